The Morgan fingerprint density at radius 3 is 2.88 bits per heavy atom. The number of carbonyl (C=O) groups excluding carboxylic acids is 1. The molecular weight excluding hydrogens is 362 g/mol. The van der Waals surface area contributed by atoms with Gasteiger partial charge in [-0.1, -0.05) is 29.5 Å². The van der Waals surface area contributed by atoms with Crippen LogP contribution >= 0.6 is 11.8 Å². The van der Waals surface area contributed by atoms with E-state index in [4.69, 9.17) is 4.42 Å². The second-order valence-electron chi connectivity index (χ2n) is 6.48. The van der Waals surface area contributed by atoms with E-state index in [-0.39, 0.29) is 23.2 Å². The molecule has 2 heterocycles. The highest BCUT2D eigenvalue weighted by molar-refractivity contribution is 7.99. The minimum atomic E-state index is -3.06. The molecule has 1 atom stereocenters. The molecule has 1 aliphatic heterocycles. The number of nitrogens with zero attached hydrogens (tertiary/aromatic N) is 2. The number of aryl methyl sites for hydroxylation is 1. The highest BCUT2D eigenvalue weighted by Crippen LogP contribution is 2.25. The highest BCUT2D eigenvalue weighted by Gasteiger charge is 2.39. The number of aromatic nitrogens is 2. The zero-order chi connectivity index (χ0) is 18.1. The number of nitrogens with one attached hydrogen (secondary N) is 1. The number of hydrogen-bond donors (Lipinski definition) is 1. The Morgan fingerprint density at radius 1 is 1.40 bits per heavy atom. The molecule has 9 heteroatoms. The van der Waals surface area contributed by atoms with Crippen LogP contribution < -0.4 is 5.32 Å². The van der Waals surface area contributed by atoms with Crippen LogP contribution in [-0.2, 0) is 14.6 Å². The number of carbonyl (C=O) groups is 1. The monoisotopic (exact) mass is 381 g/mol. The molecule has 1 amide bonds. The summed E-state index contributed by atoms with van der Waals surface area (Å²) in [7, 11) is -3.06. The first-order valence-electron chi connectivity index (χ1n) is 7.80. The second kappa shape index (κ2) is 6.80. The summed E-state index contributed by atoms with van der Waals surface area (Å²) in [5.41, 5.74) is 1.22. The lowest BCUT2D eigenvalue weighted by Crippen LogP contribution is -2.47. The molecule has 1 fully saturated rings. The summed E-state index contributed by atoms with van der Waals surface area (Å²) in [5, 5.41) is 11.0. The van der Waals surface area contributed by atoms with Gasteiger partial charge in [0.25, 0.3) is 5.22 Å². The molecule has 1 N–H and O–H groups in total. The van der Waals surface area contributed by atoms with Crippen LogP contribution in [0.1, 0.15) is 18.9 Å². The van der Waals surface area contributed by atoms with E-state index in [0.717, 1.165) is 22.9 Å². The zero-order valence-electron chi connectivity index (χ0n) is 14.0. The maximum absolute atomic E-state index is 12.1. The van der Waals surface area contributed by atoms with Gasteiger partial charge in [0.05, 0.1) is 22.8 Å². The van der Waals surface area contributed by atoms with Gasteiger partial charge in [0.15, 0.2) is 9.84 Å². The van der Waals surface area contributed by atoms with Crippen LogP contribution in [0.25, 0.3) is 11.5 Å². The summed E-state index contributed by atoms with van der Waals surface area (Å²) < 4.78 is 28.7. The topological polar surface area (TPSA) is 102 Å². The SMILES string of the molecule is Cc1cccc(-c2nnc(SCC(=O)N[C@]3(C)CCS(=O)(=O)C3)o2)c1. The number of sulfone groups is 1. The number of thioether (sulfide) groups is 1. The van der Waals surface area contributed by atoms with Crippen LogP contribution in [0.5, 0.6) is 0 Å². The number of hydrogen-bond acceptors (Lipinski definition) is 7. The largest absolute Gasteiger partial charge is 0.411 e. The smallest absolute Gasteiger partial charge is 0.277 e. The maximum Gasteiger partial charge on any atom is 0.277 e. The summed E-state index contributed by atoms with van der Waals surface area (Å²) >= 11 is 1.13. The molecule has 0 radical (unpaired) electrons. The van der Waals surface area contributed by atoms with Gasteiger partial charge < -0.3 is 9.73 Å². The van der Waals surface area contributed by atoms with E-state index in [1.54, 1.807) is 6.92 Å². The Morgan fingerprint density at radius 2 is 2.20 bits per heavy atom. The standard InChI is InChI=1S/C16H19N3O4S2/c1-11-4-3-5-12(8-11)14-18-19-15(23-14)24-9-13(20)17-16(2)6-7-25(21,22)10-16/h3-5,8H,6-7,9-10H2,1-2H3,(H,17,20)/t16-/m1/s1. The van der Waals surface area contributed by atoms with Crippen molar-refractivity contribution in [3.05, 3.63) is 29.8 Å². The predicted molar refractivity (Wildman–Crippen MR) is 95.0 cm³/mol. The maximum atomic E-state index is 12.1. The van der Waals surface area contributed by atoms with Gasteiger partial charge in [-0.05, 0) is 32.4 Å². The molecule has 134 valence electrons. The molecule has 1 aromatic carbocycles. The van der Waals surface area contributed by atoms with Crippen molar-refractivity contribution in [1.29, 1.82) is 0 Å². The van der Waals surface area contributed by atoms with Gasteiger partial charge in [-0.2, -0.15) is 0 Å². The zero-order valence-corrected chi connectivity index (χ0v) is 15.6. The normalized spacial score (nSPS) is 22.0. The van der Waals surface area contributed by atoms with Gasteiger partial charge in [-0.25, -0.2) is 8.42 Å². The molecule has 0 spiro atoms. The van der Waals surface area contributed by atoms with Crippen LogP contribution in [0.3, 0.4) is 0 Å². The van der Waals surface area contributed by atoms with E-state index in [0.29, 0.717) is 17.5 Å². The summed E-state index contributed by atoms with van der Waals surface area (Å²) in [6.45, 7) is 3.73. The van der Waals surface area contributed by atoms with Gasteiger partial charge in [0.1, 0.15) is 0 Å². The number of benzene rings is 1. The van der Waals surface area contributed by atoms with E-state index in [1.165, 1.54) is 0 Å². The Hall–Kier alpha value is -1.87. The van der Waals surface area contributed by atoms with Crippen LogP contribution in [0, 0.1) is 6.92 Å². The van der Waals surface area contributed by atoms with E-state index in [2.05, 4.69) is 15.5 Å². The first-order valence-corrected chi connectivity index (χ1v) is 10.6. The molecule has 2 aromatic rings. The van der Waals surface area contributed by atoms with Crippen molar-refractivity contribution in [3.63, 3.8) is 0 Å². The molecule has 0 bridgehead atoms. The summed E-state index contributed by atoms with van der Waals surface area (Å²) in [6, 6.07) is 7.70. The lowest BCUT2D eigenvalue weighted by Gasteiger charge is -2.23. The minimum Gasteiger partial charge on any atom is -0.411 e. The van der Waals surface area contributed by atoms with Gasteiger partial charge >= 0.3 is 0 Å². The Balaban J connectivity index is 1.56. The molecule has 0 saturated carbocycles. The average molecular weight is 381 g/mol. The fourth-order valence-corrected chi connectivity index (χ4v) is 5.43. The molecule has 25 heavy (non-hydrogen) atoms. The Bertz CT molecular complexity index is 894. The number of amides is 1. The molecule has 7 nitrogen and oxygen atoms in total. The molecule has 3 rings (SSSR count). The Kier molecular flexibility index (Phi) is 4.88. The van der Waals surface area contributed by atoms with Crippen LogP contribution in [0.15, 0.2) is 33.9 Å². The highest BCUT2D eigenvalue weighted by atomic mass is 32.2. The van der Waals surface area contributed by atoms with Crippen molar-refractivity contribution in [2.45, 2.75) is 31.0 Å². The fourth-order valence-electron chi connectivity index (χ4n) is 2.77. The fraction of sp³-hybridized carbons (Fsp3) is 0.438. The third-order valence-electron chi connectivity index (χ3n) is 3.94. The molecular formula is C16H19N3O4S2. The van der Waals surface area contributed by atoms with Crippen LogP contribution in [0.4, 0.5) is 0 Å². The van der Waals surface area contributed by atoms with E-state index < -0.39 is 15.4 Å². The van der Waals surface area contributed by atoms with E-state index in [1.807, 2.05) is 31.2 Å². The Labute approximate surface area is 150 Å². The molecule has 0 unspecified atom stereocenters. The van der Waals surface area contributed by atoms with Gasteiger partial charge in [0.2, 0.25) is 11.8 Å². The summed E-state index contributed by atoms with van der Waals surface area (Å²) in [6.07, 6.45) is 0.434. The van der Waals surface area contributed by atoms with Gasteiger partial charge in [-0.15, -0.1) is 10.2 Å². The van der Waals surface area contributed by atoms with Crippen molar-refractivity contribution >= 4 is 27.5 Å². The second-order valence-corrected chi connectivity index (χ2v) is 9.59. The van der Waals surface area contributed by atoms with Crippen molar-refractivity contribution in [2.75, 3.05) is 17.3 Å². The van der Waals surface area contributed by atoms with Crippen molar-refractivity contribution in [2.24, 2.45) is 0 Å². The summed E-state index contributed by atoms with van der Waals surface area (Å²) in [5.74, 6) is 0.334. The van der Waals surface area contributed by atoms with E-state index in [9.17, 15) is 13.2 Å². The van der Waals surface area contributed by atoms with Crippen molar-refractivity contribution < 1.29 is 17.6 Å². The predicted octanol–water partition coefficient (Wildman–Crippen LogP) is 1.83. The first-order chi connectivity index (χ1) is 11.7. The molecule has 0 aliphatic carbocycles. The van der Waals surface area contributed by atoms with Crippen LogP contribution in [0.2, 0.25) is 0 Å². The van der Waals surface area contributed by atoms with Gasteiger partial charge in [-0.3, -0.25) is 4.79 Å². The lowest BCUT2D eigenvalue weighted by atomic mass is 10.0. The number of rotatable bonds is 5. The average Bonchev–Trinajstić information content (AvgIpc) is 3.09. The molecule has 1 aromatic heterocycles. The third kappa shape index (κ3) is 4.60. The summed E-state index contributed by atoms with van der Waals surface area (Å²) in [4.78, 5) is 12.1. The lowest BCUT2D eigenvalue weighted by molar-refractivity contribution is -0.120. The first kappa shape index (κ1) is 17.9. The van der Waals surface area contributed by atoms with Crippen molar-refractivity contribution in [1.82, 2.24) is 15.5 Å². The van der Waals surface area contributed by atoms with Crippen LogP contribution in [-0.4, -0.2) is 47.3 Å². The van der Waals surface area contributed by atoms with Gasteiger partial charge in [0, 0.05) is 5.56 Å². The molecule has 1 saturated heterocycles. The van der Waals surface area contributed by atoms with E-state index >= 15 is 0 Å². The van der Waals surface area contributed by atoms with Crippen molar-refractivity contribution in [3.8, 4) is 11.5 Å². The molecule has 1 aliphatic rings. The quantitative estimate of drug-likeness (QED) is 0.788. The third-order valence-corrected chi connectivity index (χ3v) is 6.66. The minimum absolute atomic E-state index is 0.0194.